The Morgan fingerprint density at radius 3 is 2.67 bits per heavy atom. The van der Waals surface area contributed by atoms with Crippen molar-refractivity contribution in [2.24, 2.45) is 0 Å². The lowest BCUT2D eigenvalue weighted by Gasteiger charge is -1.88. The van der Waals surface area contributed by atoms with Gasteiger partial charge in [0.2, 0.25) is 0 Å². The number of aliphatic hydroxyl groups excluding tert-OH is 2. The molecule has 9 heavy (non-hydrogen) atoms. The molecule has 0 aliphatic carbocycles. The topological polar surface area (TPSA) is 66.8 Å². The maximum Gasteiger partial charge on any atom is 0.386 e. The van der Waals surface area contributed by atoms with Crippen molar-refractivity contribution in [2.45, 2.75) is 0 Å². The van der Waals surface area contributed by atoms with Gasteiger partial charge < -0.3 is 14.9 Å². The van der Waals surface area contributed by atoms with E-state index in [9.17, 15) is 4.79 Å². The fraction of sp³-hybridized carbons (Fsp3) is 0.400. The lowest BCUT2D eigenvalue weighted by Crippen LogP contribution is -2.01. The van der Waals surface area contributed by atoms with Crippen LogP contribution in [0, 0.1) is 11.8 Å². The molecule has 0 saturated heterocycles. The molecular formula is C5H6O4. The van der Waals surface area contributed by atoms with Crippen LogP contribution >= 0.6 is 0 Å². The Labute approximate surface area is 52.1 Å². The van der Waals surface area contributed by atoms with Gasteiger partial charge in [0.25, 0.3) is 0 Å². The summed E-state index contributed by atoms with van der Waals surface area (Å²) in [5.74, 6) is 3.12. The van der Waals surface area contributed by atoms with Gasteiger partial charge in [0, 0.05) is 5.92 Å². The van der Waals surface area contributed by atoms with Gasteiger partial charge in [0.05, 0.1) is 0 Å². The molecule has 0 fully saturated rings. The lowest BCUT2D eigenvalue weighted by molar-refractivity contribution is -0.144. The van der Waals surface area contributed by atoms with Crippen molar-refractivity contribution >= 4 is 5.97 Å². The quantitative estimate of drug-likeness (QED) is 0.196. The Balaban J connectivity index is 3.49. The van der Waals surface area contributed by atoms with Crippen molar-refractivity contribution in [3.8, 4) is 11.8 Å². The monoisotopic (exact) mass is 130 g/mol. The minimum Gasteiger partial charge on any atom is -0.429 e. The highest BCUT2D eigenvalue weighted by Crippen LogP contribution is 1.70. The molecule has 0 aromatic carbocycles. The van der Waals surface area contributed by atoms with Crippen molar-refractivity contribution in [3.63, 3.8) is 0 Å². The SMILES string of the molecule is O=C(C#CCO)OCO. The van der Waals surface area contributed by atoms with E-state index in [1.165, 1.54) is 0 Å². The molecule has 2 N–H and O–H groups in total. The third-order valence-electron chi connectivity index (χ3n) is 0.465. The summed E-state index contributed by atoms with van der Waals surface area (Å²) in [5, 5.41) is 16.0. The zero-order chi connectivity index (χ0) is 7.11. The first kappa shape index (κ1) is 7.95. The molecule has 0 bridgehead atoms. The van der Waals surface area contributed by atoms with Crippen molar-refractivity contribution in [3.05, 3.63) is 0 Å². The van der Waals surface area contributed by atoms with Gasteiger partial charge in [0.15, 0.2) is 6.79 Å². The molecule has 0 saturated carbocycles. The first-order valence-corrected chi connectivity index (χ1v) is 2.18. The normalized spacial score (nSPS) is 7.33. The summed E-state index contributed by atoms with van der Waals surface area (Å²) >= 11 is 0. The van der Waals surface area contributed by atoms with E-state index >= 15 is 0 Å². The molecule has 0 spiro atoms. The molecular weight excluding hydrogens is 124 g/mol. The van der Waals surface area contributed by atoms with Gasteiger partial charge in [-0.05, 0) is 0 Å². The summed E-state index contributed by atoms with van der Waals surface area (Å²) in [6.07, 6.45) is 0. The third kappa shape index (κ3) is 4.81. The van der Waals surface area contributed by atoms with E-state index in [1.807, 2.05) is 5.92 Å². The van der Waals surface area contributed by atoms with Gasteiger partial charge in [-0.3, -0.25) is 0 Å². The van der Waals surface area contributed by atoms with Gasteiger partial charge in [-0.25, -0.2) is 4.79 Å². The minimum absolute atomic E-state index is 0.388. The molecule has 0 atom stereocenters. The van der Waals surface area contributed by atoms with E-state index in [0.717, 1.165) is 0 Å². The van der Waals surface area contributed by atoms with Crippen molar-refractivity contribution < 1.29 is 19.7 Å². The van der Waals surface area contributed by atoms with Gasteiger partial charge in [-0.1, -0.05) is 5.92 Å². The molecule has 0 heterocycles. The molecule has 0 aromatic heterocycles. The second kappa shape index (κ2) is 5.09. The van der Waals surface area contributed by atoms with Crippen LogP contribution < -0.4 is 0 Å². The first-order valence-electron chi connectivity index (χ1n) is 2.18. The first-order chi connectivity index (χ1) is 4.31. The number of carbonyl (C=O) groups is 1. The zero-order valence-electron chi connectivity index (χ0n) is 4.63. The Morgan fingerprint density at radius 1 is 1.56 bits per heavy atom. The van der Waals surface area contributed by atoms with Crippen LogP contribution in [0.4, 0.5) is 0 Å². The molecule has 0 radical (unpaired) electrons. The number of hydrogen-bond acceptors (Lipinski definition) is 4. The van der Waals surface area contributed by atoms with E-state index in [2.05, 4.69) is 10.7 Å². The van der Waals surface area contributed by atoms with Crippen LogP contribution in [0.2, 0.25) is 0 Å². The Hall–Kier alpha value is -1.05. The molecule has 0 rings (SSSR count). The Kier molecular flexibility index (Phi) is 4.50. The lowest BCUT2D eigenvalue weighted by atomic mass is 10.6. The highest BCUT2D eigenvalue weighted by molar-refractivity contribution is 5.88. The van der Waals surface area contributed by atoms with Crippen LogP contribution in [-0.4, -0.2) is 29.6 Å². The van der Waals surface area contributed by atoms with Gasteiger partial charge in [-0.15, -0.1) is 0 Å². The molecule has 0 amide bonds. The molecule has 4 heteroatoms. The number of rotatable bonds is 1. The predicted octanol–water partition coefficient (Wildman–Crippen LogP) is -1.52. The summed E-state index contributed by atoms with van der Waals surface area (Å²) in [7, 11) is 0. The second-order valence-electron chi connectivity index (χ2n) is 1.02. The molecule has 4 nitrogen and oxygen atoms in total. The zero-order valence-corrected chi connectivity index (χ0v) is 4.63. The highest BCUT2D eigenvalue weighted by Gasteiger charge is 1.90. The number of aliphatic hydroxyl groups is 2. The van der Waals surface area contributed by atoms with Gasteiger partial charge in [0.1, 0.15) is 6.61 Å². The average molecular weight is 130 g/mol. The van der Waals surface area contributed by atoms with E-state index in [0.29, 0.717) is 0 Å². The molecule has 0 aliphatic rings. The van der Waals surface area contributed by atoms with Crippen molar-refractivity contribution in [2.75, 3.05) is 13.4 Å². The van der Waals surface area contributed by atoms with Crippen LogP contribution in [0.3, 0.4) is 0 Å². The fourth-order valence-corrected chi connectivity index (χ4v) is 0.206. The maximum atomic E-state index is 10.1. The molecule has 0 aromatic rings. The Bertz CT molecular complexity index is 141. The summed E-state index contributed by atoms with van der Waals surface area (Å²) in [6, 6.07) is 0. The smallest absolute Gasteiger partial charge is 0.386 e. The number of ether oxygens (including phenoxy) is 1. The van der Waals surface area contributed by atoms with Crippen molar-refractivity contribution in [1.29, 1.82) is 0 Å². The van der Waals surface area contributed by atoms with Crippen LogP contribution in [0.25, 0.3) is 0 Å². The van der Waals surface area contributed by atoms with Gasteiger partial charge >= 0.3 is 5.97 Å². The summed E-state index contributed by atoms with van der Waals surface area (Å²) in [5.41, 5.74) is 0. The fourth-order valence-electron chi connectivity index (χ4n) is 0.206. The van der Waals surface area contributed by atoms with E-state index in [4.69, 9.17) is 10.2 Å². The molecule has 50 valence electrons. The summed E-state index contributed by atoms with van der Waals surface area (Å²) in [4.78, 5) is 10.1. The van der Waals surface area contributed by atoms with Crippen molar-refractivity contribution in [1.82, 2.24) is 0 Å². The van der Waals surface area contributed by atoms with E-state index in [-0.39, 0.29) is 6.61 Å². The molecule has 0 aliphatic heterocycles. The number of esters is 1. The average Bonchev–Trinajstić information content (AvgIpc) is 1.85. The number of hydrogen-bond donors (Lipinski definition) is 2. The molecule has 0 unspecified atom stereocenters. The van der Waals surface area contributed by atoms with Gasteiger partial charge in [-0.2, -0.15) is 0 Å². The largest absolute Gasteiger partial charge is 0.429 e. The van der Waals surface area contributed by atoms with E-state index < -0.39 is 12.8 Å². The van der Waals surface area contributed by atoms with Crippen LogP contribution in [0.5, 0.6) is 0 Å². The Morgan fingerprint density at radius 2 is 2.22 bits per heavy atom. The van der Waals surface area contributed by atoms with Crippen LogP contribution in [-0.2, 0) is 9.53 Å². The second-order valence-corrected chi connectivity index (χ2v) is 1.02. The maximum absolute atomic E-state index is 10.1. The van der Waals surface area contributed by atoms with Crippen LogP contribution in [0.1, 0.15) is 0 Å². The predicted molar refractivity (Wildman–Crippen MR) is 28.0 cm³/mol. The third-order valence-corrected chi connectivity index (χ3v) is 0.465. The minimum atomic E-state index is -0.841. The highest BCUT2D eigenvalue weighted by atomic mass is 16.6. The van der Waals surface area contributed by atoms with E-state index in [1.54, 1.807) is 0 Å². The van der Waals surface area contributed by atoms with Crippen LogP contribution in [0.15, 0.2) is 0 Å². The number of carbonyl (C=O) groups excluding carboxylic acids is 1. The summed E-state index contributed by atoms with van der Waals surface area (Å²) in [6.45, 7) is -1.07. The summed E-state index contributed by atoms with van der Waals surface area (Å²) < 4.78 is 3.98. The standard InChI is InChI=1S/C5H6O4/c6-3-1-2-5(8)9-4-7/h6-7H,3-4H2.